The number of primary amides is 1. The summed E-state index contributed by atoms with van der Waals surface area (Å²) >= 11 is 1.43. The molecule has 0 radical (unpaired) electrons. The Morgan fingerprint density at radius 1 is 1.29 bits per heavy atom. The van der Waals surface area contributed by atoms with Crippen LogP contribution in [-0.2, 0) is 4.79 Å². The Morgan fingerprint density at radius 3 is 2.68 bits per heavy atom. The maximum Gasteiger partial charge on any atom is 0.294 e. The van der Waals surface area contributed by atoms with Crippen molar-refractivity contribution in [2.45, 2.75) is 13.8 Å². The van der Waals surface area contributed by atoms with Gasteiger partial charge in [-0.3, -0.25) is 9.59 Å². The van der Waals surface area contributed by atoms with Crippen LogP contribution in [0.4, 0.5) is 4.39 Å². The first-order valence-corrected chi connectivity index (χ1v) is 9.57. The zero-order valence-electron chi connectivity index (χ0n) is 15.5. The highest BCUT2D eigenvalue weighted by Gasteiger charge is 2.25. The Bertz CT molecular complexity index is 984. The van der Waals surface area contributed by atoms with Crippen LogP contribution in [0, 0.1) is 11.7 Å². The molecule has 9 heteroatoms. The second-order valence-electron chi connectivity index (χ2n) is 6.67. The smallest absolute Gasteiger partial charge is 0.294 e. The summed E-state index contributed by atoms with van der Waals surface area (Å²) in [5.74, 6) is -1.06. The molecule has 2 aromatic heterocycles. The summed E-state index contributed by atoms with van der Waals surface area (Å²) in [5.41, 5.74) is 5.73. The van der Waals surface area contributed by atoms with Crippen LogP contribution in [0.25, 0.3) is 16.4 Å². The number of hydrogen-bond acceptors (Lipinski definition) is 5. The van der Waals surface area contributed by atoms with Crippen molar-refractivity contribution in [3.05, 3.63) is 53.4 Å². The quantitative estimate of drug-likeness (QED) is 0.659. The van der Waals surface area contributed by atoms with Gasteiger partial charge in [0, 0.05) is 6.54 Å². The number of halogens is 1. The summed E-state index contributed by atoms with van der Waals surface area (Å²) in [6.07, 6.45) is 0. The van der Waals surface area contributed by atoms with Crippen molar-refractivity contribution in [2.75, 3.05) is 13.1 Å². The van der Waals surface area contributed by atoms with E-state index in [0.717, 1.165) is 4.88 Å². The molecule has 0 atom stereocenters. The van der Waals surface area contributed by atoms with Crippen molar-refractivity contribution in [3.8, 4) is 16.4 Å². The topological polar surface area (TPSA) is 94.1 Å². The first-order chi connectivity index (χ1) is 13.3. The van der Waals surface area contributed by atoms with Gasteiger partial charge >= 0.3 is 0 Å². The van der Waals surface area contributed by atoms with Gasteiger partial charge in [-0.25, -0.2) is 14.1 Å². The fourth-order valence-electron chi connectivity index (χ4n) is 2.75. The summed E-state index contributed by atoms with van der Waals surface area (Å²) in [7, 11) is 0. The van der Waals surface area contributed by atoms with Crippen molar-refractivity contribution in [1.82, 2.24) is 19.7 Å². The second kappa shape index (κ2) is 8.30. The Labute approximate surface area is 165 Å². The van der Waals surface area contributed by atoms with E-state index >= 15 is 0 Å². The van der Waals surface area contributed by atoms with Gasteiger partial charge in [0.1, 0.15) is 5.82 Å². The van der Waals surface area contributed by atoms with E-state index < -0.39 is 17.6 Å². The van der Waals surface area contributed by atoms with Crippen LogP contribution in [0.3, 0.4) is 0 Å². The maximum atomic E-state index is 13.7. The normalized spacial score (nSPS) is 11.0. The molecule has 0 saturated carbocycles. The number of nitrogens with zero attached hydrogens (tertiary/aromatic N) is 4. The van der Waals surface area contributed by atoms with Crippen molar-refractivity contribution in [1.29, 1.82) is 0 Å². The van der Waals surface area contributed by atoms with Gasteiger partial charge in [-0.1, -0.05) is 26.0 Å². The van der Waals surface area contributed by atoms with Gasteiger partial charge in [-0.05, 0) is 35.6 Å². The molecule has 2 N–H and O–H groups in total. The number of thiophene rings is 1. The Kier molecular flexibility index (Phi) is 5.84. The van der Waals surface area contributed by atoms with Gasteiger partial charge in [0.15, 0.2) is 5.82 Å². The first kappa shape index (κ1) is 19.7. The minimum atomic E-state index is -0.614. The molecule has 2 amide bonds. The van der Waals surface area contributed by atoms with Crippen molar-refractivity contribution in [3.63, 3.8) is 0 Å². The van der Waals surface area contributed by atoms with Crippen LogP contribution in [0.2, 0.25) is 0 Å². The summed E-state index contributed by atoms with van der Waals surface area (Å²) < 4.78 is 15.2. The third-order valence-electron chi connectivity index (χ3n) is 3.81. The molecule has 0 unspecified atom stereocenters. The molecule has 0 aliphatic carbocycles. The number of aromatic nitrogens is 3. The van der Waals surface area contributed by atoms with E-state index in [0.29, 0.717) is 18.1 Å². The monoisotopic (exact) mass is 401 g/mol. The molecule has 146 valence electrons. The molecule has 1 aromatic carbocycles. The fraction of sp³-hybridized carbons (Fsp3) is 0.263. The standard InChI is InChI=1S/C19H20FN5O2S/c1-12(2)10-24(11-16(21)26)19(27)17-22-18(15-7-4-8-28-15)25(23-17)14-6-3-5-13(20)9-14/h3-9,12H,10-11H2,1-2H3,(H2,21,26). The lowest BCUT2D eigenvalue weighted by atomic mass is 10.2. The number of hydrogen-bond donors (Lipinski definition) is 1. The van der Waals surface area contributed by atoms with Gasteiger partial charge in [0.25, 0.3) is 5.91 Å². The molecule has 0 spiro atoms. The van der Waals surface area contributed by atoms with Gasteiger partial charge in [0.05, 0.1) is 17.1 Å². The van der Waals surface area contributed by atoms with Crippen molar-refractivity contribution in [2.24, 2.45) is 11.7 Å². The zero-order valence-corrected chi connectivity index (χ0v) is 16.3. The minimum Gasteiger partial charge on any atom is -0.368 e. The van der Waals surface area contributed by atoms with Gasteiger partial charge in [-0.2, -0.15) is 0 Å². The highest BCUT2D eigenvalue weighted by Crippen LogP contribution is 2.26. The van der Waals surface area contributed by atoms with Crippen molar-refractivity contribution < 1.29 is 14.0 Å². The third kappa shape index (κ3) is 4.42. The summed E-state index contributed by atoms with van der Waals surface area (Å²) in [5, 5.41) is 6.19. The summed E-state index contributed by atoms with van der Waals surface area (Å²) in [4.78, 5) is 30.8. The SMILES string of the molecule is CC(C)CN(CC(N)=O)C(=O)c1nc(-c2cccs2)n(-c2cccc(F)c2)n1. The van der Waals surface area contributed by atoms with E-state index in [1.165, 1.54) is 33.1 Å². The number of amides is 2. The molecule has 0 saturated heterocycles. The average molecular weight is 401 g/mol. The number of carbonyl (C=O) groups excluding carboxylic acids is 2. The van der Waals surface area contributed by atoms with Crippen LogP contribution in [0.1, 0.15) is 24.5 Å². The molecule has 0 aliphatic heterocycles. The Morgan fingerprint density at radius 2 is 2.07 bits per heavy atom. The van der Waals surface area contributed by atoms with E-state index in [9.17, 15) is 14.0 Å². The molecule has 0 bridgehead atoms. The average Bonchev–Trinajstić information content (AvgIpc) is 3.29. The van der Waals surface area contributed by atoms with Crippen LogP contribution in [0.15, 0.2) is 41.8 Å². The molecule has 0 aliphatic rings. The van der Waals surface area contributed by atoms with Crippen LogP contribution >= 0.6 is 11.3 Å². The van der Waals surface area contributed by atoms with Crippen molar-refractivity contribution >= 4 is 23.2 Å². The Balaban J connectivity index is 2.05. The molecule has 3 aromatic rings. The summed E-state index contributed by atoms with van der Waals surface area (Å²) in [6.45, 7) is 3.97. The predicted molar refractivity (Wildman–Crippen MR) is 105 cm³/mol. The van der Waals surface area contributed by atoms with Gasteiger partial charge < -0.3 is 10.6 Å². The highest BCUT2D eigenvalue weighted by atomic mass is 32.1. The van der Waals surface area contributed by atoms with E-state index in [2.05, 4.69) is 10.1 Å². The van der Waals surface area contributed by atoms with Gasteiger partial charge in [-0.15, -0.1) is 16.4 Å². The van der Waals surface area contributed by atoms with E-state index in [4.69, 9.17) is 5.73 Å². The van der Waals surface area contributed by atoms with Gasteiger partial charge in [0.2, 0.25) is 11.7 Å². The number of nitrogens with two attached hydrogens (primary N) is 1. The maximum absolute atomic E-state index is 13.7. The van der Waals surface area contributed by atoms with E-state index in [1.54, 1.807) is 12.1 Å². The van der Waals surface area contributed by atoms with Crippen LogP contribution < -0.4 is 5.73 Å². The second-order valence-corrected chi connectivity index (χ2v) is 7.62. The molecule has 2 heterocycles. The molecule has 28 heavy (non-hydrogen) atoms. The molecular weight excluding hydrogens is 381 g/mol. The highest BCUT2D eigenvalue weighted by molar-refractivity contribution is 7.13. The first-order valence-electron chi connectivity index (χ1n) is 8.69. The number of carbonyl (C=O) groups is 2. The number of rotatable bonds is 7. The Hall–Kier alpha value is -3.07. The van der Waals surface area contributed by atoms with Crippen LogP contribution in [0.5, 0.6) is 0 Å². The fourth-order valence-corrected chi connectivity index (χ4v) is 3.44. The van der Waals surface area contributed by atoms with Crippen LogP contribution in [-0.4, -0.2) is 44.6 Å². The predicted octanol–water partition coefficient (Wildman–Crippen LogP) is 2.72. The lowest BCUT2D eigenvalue weighted by Crippen LogP contribution is -2.41. The van der Waals surface area contributed by atoms with E-state index in [1.807, 2.05) is 31.4 Å². The van der Waals surface area contributed by atoms with E-state index in [-0.39, 0.29) is 18.3 Å². The third-order valence-corrected chi connectivity index (χ3v) is 4.68. The lowest BCUT2D eigenvalue weighted by Gasteiger charge is -2.21. The molecule has 3 rings (SSSR count). The molecular formula is C19H20FN5O2S. The number of benzene rings is 1. The zero-order chi connectivity index (χ0) is 20.3. The molecule has 0 fully saturated rings. The molecule has 7 nitrogen and oxygen atoms in total. The largest absolute Gasteiger partial charge is 0.368 e. The lowest BCUT2D eigenvalue weighted by molar-refractivity contribution is -0.118. The summed E-state index contributed by atoms with van der Waals surface area (Å²) in [6, 6.07) is 9.57. The minimum absolute atomic E-state index is 0.0745.